The van der Waals surface area contributed by atoms with Crippen molar-refractivity contribution in [3.8, 4) is 5.69 Å². The second-order valence-corrected chi connectivity index (χ2v) is 8.32. The van der Waals surface area contributed by atoms with Crippen LogP contribution in [0, 0.1) is 11.7 Å². The van der Waals surface area contributed by atoms with E-state index in [4.69, 9.17) is 0 Å². The van der Waals surface area contributed by atoms with Gasteiger partial charge >= 0.3 is 0 Å². The molecule has 1 fully saturated rings. The molecule has 1 amide bonds. The second-order valence-electron chi connectivity index (χ2n) is 7.38. The van der Waals surface area contributed by atoms with E-state index in [0.717, 1.165) is 25.9 Å². The third-order valence-electron chi connectivity index (χ3n) is 5.17. The number of halogens is 1. The minimum absolute atomic E-state index is 0.0176. The number of hydrogen-bond acceptors (Lipinski definition) is 4. The van der Waals surface area contributed by atoms with Crippen molar-refractivity contribution < 1.29 is 9.18 Å². The molecule has 29 heavy (non-hydrogen) atoms. The maximum Gasteiger partial charge on any atom is 0.266 e. The topological polar surface area (TPSA) is 55.2 Å². The normalized spacial score (nSPS) is 16.9. The Morgan fingerprint density at radius 3 is 2.76 bits per heavy atom. The van der Waals surface area contributed by atoms with Crippen LogP contribution in [0.15, 0.2) is 58.5 Å². The second kappa shape index (κ2) is 8.37. The Bertz CT molecular complexity index is 1110. The third kappa shape index (κ3) is 4.05. The Balaban J connectivity index is 1.71. The number of carbonyl (C=O) groups is 1. The number of rotatable bonds is 4. The number of amides is 1. The van der Waals surface area contributed by atoms with E-state index in [1.54, 1.807) is 42.5 Å². The van der Waals surface area contributed by atoms with Crippen molar-refractivity contribution in [1.29, 1.82) is 0 Å². The maximum absolute atomic E-state index is 14.5. The summed E-state index contributed by atoms with van der Waals surface area (Å²) < 4.78 is 15.8. The molecular weight excluding hydrogens is 389 g/mol. The summed E-state index contributed by atoms with van der Waals surface area (Å²) in [5, 5.41) is 0.730. The number of likely N-dealkylation sites (tertiary alicyclic amines) is 1. The zero-order valence-corrected chi connectivity index (χ0v) is 17.0. The molecule has 7 heteroatoms. The summed E-state index contributed by atoms with van der Waals surface area (Å²) in [6.07, 6.45) is 2.14. The summed E-state index contributed by atoms with van der Waals surface area (Å²) in [6.45, 7) is 3.66. The number of fused-ring (bicyclic) bond motifs is 1. The number of piperidine rings is 1. The lowest BCUT2D eigenvalue weighted by molar-refractivity contribution is -0.130. The van der Waals surface area contributed by atoms with E-state index in [1.807, 2.05) is 4.90 Å². The number of nitrogens with zero attached hydrogens (tertiary/aromatic N) is 3. The van der Waals surface area contributed by atoms with Crippen molar-refractivity contribution in [1.82, 2.24) is 14.5 Å². The Labute approximate surface area is 172 Å². The van der Waals surface area contributed by atoms with Crippen molar-refractivity contribution in [2.75, 3.05) is 18.8 Å². The summed E-state index contributed by atoms with van der Waals surface area (Å²) in [4.78, 5) is 32.3. The highest BCUT2D eigenvalue weighted by Crippen LogP contribution is 2.24. The summed E-state index contributed by atoms with van der Waals surface area (Å²) >= 11 is 1.18. The zero-order valence-electron chi connectivity index (χ0n) is 16.2. The van der Waals surface area contributed by atoms with Gasteiger partial charge in [0, 0.05) is 13.1 Å². The fourth-order valence-corrected chi connectivity index (χ4v) is 4.60. The molecular formula is C22H22FN3O2S. The molecule has 0 radical (unpaired) electrons. The summed E-state index contributed by atoms with van der Waals surface area (Å²) in [7, 11) is 0. The smallest absolute Gasteiger partial charge is 0.266 e. The van der Waals surface area contributed by atoms with Gasteiger partial charge < -0.3 is 4.90 Å². The van der Waals surface area contributed by atoms with E-state index in [-0.39, 0.29) is 22.9 Å². The van der Waals surface area contributed by atoms with Crippen LogP contribution in [-0.4, -0.2) is 39.2 Å². The van der Waals surface area contributed by atoms with E-state index >= 15 is 0 Å². The van der Waals surface area contributed by atoms with Crippen molar-refractivity contribution in [3.05, 3.63) is 64.7 Å². The van der Waals surface area contributed by atoms with Crippen LogP contribution in [-0.2, 0) is 4.79 Å². The average molecular weight is 412 g/mol. The van der Waals surface area contributed by atoms with Gasteiger partial charge in [-0.3, -0.25) is 14.2 Å². The van der Waals surface area contributed by atoms with Gasteiger partial charge in [0.15, 0.2) is 5.16 Å². The van der Waals surface area contributed by atoms with Gasteiger partial charge in [0.05, 0.1) is 22.3 Å². The summed E-state index contributed by atoms with van der Waals surface area (Å²) in [6, 6.07) is 13.1. The van der Waals surface area contributed by atoms with Crippen LogP contribution in [0.5, 0.6) is 0 Å². The predicted octanol–water partition coefficient (Wildman–Crippen LogP) is 3.88. The maximum atomic E-state index is 14.5. The molecule has 1 aromatic heterocycles. The van der Waals surface area contributed by atoms with Gasteiger partial charge in [-0.1, -0.05) is 43.0 Å². The molecule has 1 aliphatic rings. The lowest BCUT2D eigenvalue weighted by Crippen LogP contribution is -2.40. The minimum atomic E-state index is -0.510. The Morgan fingerprint density at radius 2 is 1.97 bits per heavy atom. The van der Waals surface area contributed by atoms with E-state index in [0.29, 0.717) is 22.0 Å². The highest BCUT2D eigenvalue weighted by Gasteiger charge is 2.22. The Hall–Kier alpha value is -2.67. The largest absolute Gasteiger partial charge is 0.342 e. The van der Waals surface area contributed by atoms with Crippen LogP contribution >= 0.6 is 11.8 Å². The van der Waals surface area contributed by atoms with Crippen LogP contribution in [0.2, 0.25) is 0 Å². The van der Waals surface area contributed by atoms with E-state index in [1.165, 1.54) is 22.4 Å². The molecule has 4 rings (SSSR count). The standard InChI is InChI=1S/C22H22FN3O2S/c1-15-7-6-12-25(13-15)20(27)14-29-22-24-18-10-4-2-8-16(18)21(28)26(22)19-11-5-3-9-17(19)23/h2-5,8-11,15H,6-7,12-14H2,1H3/t15-/m0/s1. The molecule has 150 valence electrons. The van der Waals surface area contributed by atoms with Gasteiger partial charge in [-0.2, -0.15) is 0 Å². The van der Waals surface area contributed by atoms with Crippen molar-refractivity contribution in [2.24, 2.45) is 5.92 Å². The molecule has 2 aromatic carbocycles. The Kier molecular flexibility index (Phi) is 5.67. The predicted molar refractivity (Wildman–Crippen MR) is 113 cm³/mol. The molecule has 0 unspecified atom stereocenters. The minimum Gasteiger partial charge on any atom is -0.342 e. The number of benzene rings is 2. The SMILES string of the molecule is C[C@H]1CCCN(C(=O)CSc2nc3ccccc3c(=O)n2-c2ccccc2F)C1. The number of carbonyl (C=O) groups excluding carboxylic acids is 1. The molecule has 0 aliphatic carbocycles. The molecule has 3 aromatic rings. The number of aromatic nitrogens is 2. The van der Waals surface area contributed by atoms with Gasteiger partial charge in [-0.15, -0.1) is 0 Å². The quantitative estimate of drug-likeness (QED) is 0.483. The van der Waals surface area contributed by atoms with Crippen molar-refractivity contribution in [3.63, 3.8) is 0 Å². The first-order valence-electron chi connectivity index (χ1n) is 9.72. The fourth-order valence-electron chi connectivity index (χ4n) is 3.69. The van der Waals surface area contributed by atoms with Crippen LogP contribution in [0.4, 0.5) is 4.39 Å². The van der Waals surface area contributed by atoms with Gasteiger partial charge in [-0.05, 0) is 43.0 Å². The number of hydrogen-bond donors (Lipinski definition) is 0. The highest BCUT2D eigenvalue weighted by atomic mass is 32.2. The molecule has 0 saturated carbocycles. The van der Waals surface area contributed by atoms with Gasteiger partial charge in [0.1, 0.15) is 5.82 Å². The van der Waals surface area contributed by atoms with Crippen molar-refractivity contribution >= 4 is 28.6 Å². The van der Waals surface area contributed by atoms with Gasteiger partial charge in [0.25, 0.3) is 5.56 Å². The molecule has 5 nitrogen and oxygen atoms in total. The zero-order chi connectivity index (χ0) is 20.4. The number of para-hydroxylation sites is 2. The lowest BCUT2D eigenvalue weighted by Gasteiger charge is -2.30. The molecule has 0 spiro atoms. The van der Waals surface area contributed by atoms with Crippen LogP contribution in [0.3, 0.4) is 0 Å². The van der Waals surface area contributed by atoms with Gasteiger partial charge in [-0.25, -0.2) is 9.37 Å². The Morgan fingerprint density at radius 1 is 1.21 bits per heavy atom. The molecule has 0 bridgehead atoms. The van der Waals surface area contributed by atoms with Gasteiger partial charge in [0.2, 0.25) is 5.91 Å². The number of thioether (sulfide) groups is 1. The molecule has 0 N–H and O–H groups in total. The third-order valence-corrected chi connectivity index (χ3v) is 6.10. The van der Waals surface area contributed by atoms with Crippen LogP contribution in [0.25, 0.3) is 16.6 Å². The summed E-state index contributed by atoms with van der Waals surface area (Å²) in [5.41, 5.74) is 0.325. The van der Waals surface area contributed by atoms with E-state index in [2.05, 4.69) is 11.9 Å². The first-order valence-corrected chi connectivity index (χ1v) is 10.7. The average Bonchev–Trinajstić information content (AvgIpc) is 2.73. The molecule has 1 saturated heterocycles. The molecule has 2 heterocycles. The first kappa shape index (κ1) is 19.6. The van der Waals surface area contributed by atoms with E-state index < -0.39 is 5.82 Å². The monoisotopic (exact) mass is 411 g/mol. The summed E-state index contributed by atoms with van der Waals surface area (Å²) in [5.74, 6) is 0.160. The fraction of sp³-hybridized carbons (Fsp3) is 0.318. The molecule has 1 aliphatic heterocycles. The van der Waals surface area contributed by atoms with Crippen LogP contribution < -0.4 is 5.56 Å². The van der Waals surface area contributed by atoms with E-state index in [9.17, 15) is 14.0 Å². The molecule has 1 atom stereocenters. The first-order chi connectivity index (χ1) is 14.0. The van der Waals surface area contributed by atoms with Crippen LogP contribution in [0.1, 0.15) is 19.8 Å². The lowest BCUT2D eigenvalue weighted by atomic mass is 10.0. The van der Waals surface area contributed by atoms with Crippen molar-refractivity contribution in [2.45, 2.75) is 24.9 Å². The highest BCUT2D eigenvalue weighted by molar-refractivity contribution is 7.99.